The van der Waals surface area contributed by atoms with Gasteiger partial charge in [0.05, 0.1) is 28.6 Å². The van der Waals surface area contributed by atoms with Crippen LogP contribution in [0, 0.1) is 10.1 Å². The van der Waals surface area contributed by atoms with E-state index < -0.39 is 4.92 Å². The van der Waals surface area contributed by atoms with E-state index in [1.807, 2.05) is 0 Å². The maximum atomic E-state index is 13.0. The lowest BCUT2D eigenvalue weighted by atomic mass is 10.2. The van der Waals surface area contributed by atoms with Gasteiger partial charge in [0.2, 0.25) is 0 Å². The summed E-state index contributed by atoms with van der Waals surface area (Å²) in [7, 11) is 0. The predicted octanol–water partition coefficient (Wildman–Crippen LogP) is 3.54. The SMILES string of the molecule is O=c1c2ccc(Cl)cc2nc(Sc2ncc([N+](=O)[O-])cn2)n1Cc1ccco1. The van der Waals surface area contributed by atoms with Crippen molar-refractivity contribution < 1.29 is 9.34 Å². The van der Waals surface area contributed by atoms with Crippen LogP contribution in [0.2, 0.25) is 5.02 Å². The van der Waals surface area contributed by atoms with E-state index in [0.29, 0.717) is 26.8 Å². The van der Waals surface area contributed by atoms with Gasteiger partial charge < -0.3 is 4.42 Å². The summed E-state index contributed by atoms with van der Waals surface area (Å²) in [5.41, 5.74) is -0.0735. The van der Waals surface area contributed by atoms with Crippen molar-refractivity contribution in [3.63, 3.8) is 0 Å². The third-order valence-corrected chi connectivity index (χ3v) is 4.91. The van der Waals surface area contributed by atoms with Gasteiger partial charge in [-0.1, -0.05) is 11.6 Å². The van der Waals surface area contributed by atoms with Gasteiger partial charge in [-0.15, -0.1) is 0 Å². The molecule has 3 aromatic heterocycles. The van der Waals surface area contributed by atoms with Crippen molar-refractivity contribution in [1.29, 1.82) is 0 Å². The molecule has 0 radical (unpaired) electrons. The second-order valence-electron chi connectivity index (χ2n) is 5.61. The van der Waals surface area contributed by atoms with E-state index in [0.717, 1.165) is 24.2 Å². The molecule has 4 aromatic rings. The summed E-state index contributed by atoms with van der Waals surface area (Å²) in [6.45, 7) is 0.159. The zero-order valence-corrected chi connectivity index (χ0v) is 15.6. The van der Waals surface area contributed by atoms with E-state index in [1.54, 1.807) is 30.3 Å². The largest absolute Gasteiger partial charge is 0.467 e. The van der Waals surface area contributed by atoms with Crippen molar-refractivity contribution in [2.24, 2.45) is 0 Å². The van der Waals surface area contributed by atoms with Crippen LogP contribution in [-0.2, 0) is 6.54 Å². The Morgan fingerprint density at radius 2 is 2.04 bits per heavy atom. The normalized spacial score (nSPS) is 11.0. The number of furan rings is 1. The number of rotatable bonds is 5. The van der Waals surface area contributed by atoms with Gasteiger partial charge in [-0.25, -0.2) is 15.0 Å². The first-order valence-electron chi connectivity index (χ1n) is 7.88. The van der Waals surface area contributed by atoms with Crippen molar-refractivity contribution in [3.05, 3.63) is 80.2 Å². The van der Waals surface area contributed by atoms with Crippen LogP contribution in [0.3, 0.4) is 0 Å². The second kappa shape index (κ2) is 7.41. The molecule has 0 N–H and O–H groups in total. The Morgan fingerprint density at radius 1 is 1.25 bits per heavy atom. The Labute approximate surface area is 166 Å². The molecule has 4 rings (SSSR count). The fourth-order valence-electron chi connectivity index (χ4n) is 2.49. The van der Waals surface area contributed by atoms with E-state index in [4.69, 9.17) is 16.0 Å². The van der Waals surface area contributed by atoms with E-state index in [1.165, 1.54) is 10.8 Å². The average molecular weight is 416 g/mol. The summed E-state index contributed by atoms with van der Waals surface area (Å²) >= 11 is 7.04. The molecule has 0 bridgehead atoms. The van der Waals surface area contributed by atoms with Crippen LogP contribution in [0.1, 0.15) is 5.76 Å². The number of nitro groups is 1. The highest BCUT2D eigenvalue weighted by molar-refractivity contribution is 7.99. The van der Waals surface area contributed by atoms with Gasteiger partial charge in [-0.2, -0.15) is 0 Å². The summed E-state index contributed by atoms with van der Waals surface area (Å²) < 4.78 is 6.78. The number of halogens is 1. The highest BCUT2D eigenvalue weighted by atomic mass is 35.5. The van der Waals surface area contributed by atoms with Gasteiger partial charge in [0.1, 0.15) is 18.2 Å². The minimum absolute atomic E-state index is 0.159. The van der Waals surface area contributed by atoms with E-state index >= 15 is 0 Å². The Bertz CT molecular complexity index is 1230. The summed E-state index contributed by atoms with van der Waals surface area (Å²) in [6, 6.07) is 8.30. The van der Waals surface area contributed by atoms with Crippen LogP contribution in [0.15, 0.2) is 68.5 Å². The fourth-order valence-corrected chi connectivity index (χ4v) is 3.43. The lowest BCUT2D eigenvalue weighted by Crippen LogP contribution is -2.23. The van der Waals surface area contributed by atoms with Crippen LogP contribution in [0.5, 0.6) is 0 Å². The maximum absolute atomic E-state index is 13.0. The number of fused-ring (bicyclic) bond motifs is 1. The standard InChI is InChI=1S/C17H10ClN5O4S/c18-10-3-4-13-14(6-10)21-17(22(15(13)24)9-12-2-1-5-27-12)28-16-19-7-11(8-20-16)23(25)26/h1-8H,9H2. The van der Waals surface area contributed by atoms with Crippen molar-refractivity contribution >= 4 is 40.0 Å². The predicted molar refractivity (Wildman–Crippen MR) is 102 cm³/mol. The average Bonchev–Trinajstić information content (AvgIpc) is 3.18. The molecule has 0 atom stereocenters. The number of nitrogens with zero attached hydrogens (tertiary/aromatic N) is 5. The van der Waals surface area contributed by atoms with Gasteiger partial charge in [0, 0.05) is 5.02 Å². The van der Waals surface area contributed by atoms with Gasteiger partial charge in [-0.3, -0.25) is 19.5 Å². The molecule has 0 saturated heterocycles. The Hall–Kier alpha value is -3.24. The number of hydrogen-bond acceptors (Lipinski definition) is 8. The molecule has 0 amide bonds. The summed E-state index contributed by atoms with van der Waals surface area (Å²) in [6.07, 6.45) is 3.71. The Balaban J connectivity index is 1.82. The van der Waals surface area contributed by atoms with Crippen molar-refractivity contribution in [1.82, 2.24) is 19.5 Å². The molecule has 0 aliphatic carbocycles. The molecule has 0 fully saturated rings. The van der Waals surface area contributed by atoms with Crippen molar-refractivity contribution in [2.45, 2.75) is 16.9 Å². The van der Waals surface area contributed by atoms with Gasteiger partial charge in [0.25, 0.3) is 5.56 Å². The molecular formula is C17H10ClN5O4S. The maximum Gasteiger partial charge on any atom is 0.305 e. The van der Waals surface area contributed by atoms with E-state index in [2.05, 4.69) is 15.0 Å². The molecule has 11 heteroatoms. The molecule has 140 valence electrons. The molecule has 9 nitrogen and oxygen atoms in total. The Morgan fingerprint density at radius 3 is 2.71 bits per heavy atom. The van der Waals surface area contributed by atoms with Crippen LogP contribution in [0.4, 0.5) is 5.69 Å². The third-order valence-electron chi connectivity index (χ3n) is 3.78. The zero-order chi connectivity index (χ0) is 19.7. The summed E-state index contributed by atoms with van der Waals surface area (Å²) in [5, 5.41) is 12.1. The number of benzene rings is 1. The lowest BCUT2D eigenvalue weighted by molar-refractivity contribution is -0.385. The molecule has 1 aromatic carbocycles. The van der Waals surface area contributed by atoms with Crippen molar-refractivity contribution in [3.8, 4) is 0 Å². The van der Waals surface area contributed by atoms with Gasteiger partial charge >= 0.3 is 5.69 Å². The van der Waals surface area contributed by atoms with Gasteiger partial charge in [0.15, 0.2) is 10.3 Å². The third kappa shape index (κ3) is 3.59. The fraction of sp³-hybridized carbons (Fsp3) is 0.0588. The zero-order valence-electron chi connectivity index (χ0n) is 14.0. The molecule has 3 heterocycles. The minimum atomic E-state index is -0.586. The summed E-state index contributed by atoms with van der Waals surface area (Å²) in [5.74, 6) is 0.573. The first-order valence-corrected chi connectivity index (χ1v) is 9.07. The molecule has 0 saturated carbocycles. The van der Waals surface area contributed by atoms with Crippen LogP contribution < -0.4 is 5.56 Å². The quantitative estimate of drug-likeness (QED) is 0.276. The number of hydrogen-bond donors (Lipinski definition) is 0. The molecule has 0 spiro atoms. The van der Waals surface area contributed by atoms with Crippen LogP contribution in [-0.4, -0.2) is 24.4 Å². The molecule has 0 aliphatic heterocycles. The molecule has 0 unspecified atom stereocenters. The highest BCUT2D eigenvalue weighted by Gasteiger charge is 2.16. The van der Waals surface area contributed by atoms with Crippen LogP contribution in [0.25, 0.3) is 10.9 Å². The Kier molecular flexibility index (Phi) is 4.80. The lowest BCUT2D eigenvalue weighted by Gasteiger charge is -2.11. The first-order chi connectivity index (χ1) is 13.5. The molecule has 28 heavy (non-hydrogen) atoms. The second-order valence-corrected chi connectivity index (χ2v) is 6.98. The van der Waals surface area contributed by atoms with E-state index in [9.17, 15) is 14.9 Å². The van der Waals surface area contributed by atoms with E-state index in [-0.39, 0.29) is 22.9 Å². The first kappa shape index (κ1) is 18.1. The number of aromatic nitrogens is 4. The monoisotopic (exact) mass is 415 g/mol. The molecule has 0 aliphatic rings. The summed E-state index contributed by atoms with van der Waals surface area (Å²) in [4.78, 5) is 35.6. The van der Waals surface area contributed by atoms with Gasteiger partial charge in [-0.05, 0) is 42.1 Å². The molecular weight excluding hydrogens is 406 g/mol. The van der Waals surface area contributed by atoms with Crippen molar-refractivity contribution in [2.75, 3.05) is 0 Å². The highest BCUT2D eigenvalue weighted by Crippen LogP contribution is 2.26. The van der Waals surface area contributed by atoms with Crippen LogP contribution >= 0.6 is 23.4 Å². The topological polar surface area (TPSA) is 117 Å². The smallest absolute Gasteiger partial charge is 0.305 e. The minimum Gasteiger partial charge on any atom is -0.467 e.